The first kappa shape index (κ1) is 18.0. The second-order valence-electron chi connectivity index (χ2n) is 5.29. The second kappa shape index (κ2) is 7.61. The number of rotatable bonds is 5. The van der Waals surface area contributed by atoms with Gasteiger partial charge in [0.05, 0.1) is 21.3 Å². The first-order chi connectivity index (χ1) is 12.5. The minimum absolute atomic E-state index is 0.174. The number of halogens is 1. The normalized spacial score (nSPS) is 14.8. The Kier molecular flexibility index (Phi) is 5.27. The lowest BCUT2D eigenvalue weighted by atomic mass is 10.1. The zero-order valence-electron chi connectivity index (χ0n) is 14.4. The van der Waals surface area contributed by atoms with Crippen molar-refractivity contribution in [3.63, 3.8) is 0 Å². The molecule has 26 heavy (non-hydrogen) atoms. The highest BCUT2D eigenvalue weighted by Crippen LogP contribution is 2.36. The molecule has 3 rings (SSSR count). The summed E-state index contributed by atoms with van der Waals surface area (Å²) >= 11 is 3.37. The SMILES string of the molecule is COc1cc(OC)c(OC)cc1C=C1N=C(c2ccc(Br)cc2)OC1=O. The lowest BCUT2D eigenvalue weighted by molar-refractivity contribution is -0.129. The fourth-order valence-electron chi connectivity index (χ4n) is 2.44. The average Bonchev–Trinajstić information content (AvgIpc) is 3.02. The molecule has 0 amide bonds. The molecule has 1 heterocycles. The Balaban J connectivity index is 2.01. The molecule has 0 aromatic heterocycles. The lowest BCUT2D eigenvalue weighted by Crippen LogP contribution is -2.05. The number of carbonyl (C=O) groups excluding carboxylic acids is 1. The first-order valence-electron chi connectivity index (χ1n) is 7.64. The summed E-state index contributed by atoms with van der Waals surface area (Å²) in [5, 5.41) is 0. The minimum Gasteiger partial charge on any atom is -0.496 e. The van der Waals surface area contributed by atoms with E-state index in [0.717, 1.165) is 4.47 Å². The summed E-state index contributed by atoms with van der Waals surface area (Å²) in [6, 6.07) is 10.7. The summed E-state index contributed by atoms with van der Waals surface area (Å²) in [5.74, 6) is 1.30. The van der Waals surface area contributed by atoms with Crippen molar-refractivity contribution in [2.24, 2.45) is 4.99 Å². The largest absolute Gasteiger partial charge is 0.496 e. The predicted octanol–water partition coefficient (Wildman–Crippen LogP) is 3.82. The van der Waals surface area contributed by atoms with Crippen molar-refractivity contribution in [2.45, 2.75) is 0 Å². The second-order valence-corrected chi connectivity index (χ2v) is 6.21. The third-order valence-electron chi connectivity index (χ3n) is 3.74. The van der Waals surface area contributed by atoms with Crippen LogP contribution in [-0.2, 0) is 9.53 Å². The zero-order chi connectivity index (χ0) is 18.7. The third-order valence-corrected chi connectivity index (χ3v) is 4.27. The summed E-state index contributed by atoms with van der Waals surface area (Å²) in [6.45, 7) is 0. The maximum absolute atomic E-state index is 12.2. The van der Waals surface area contributed by atoms with Gasteiger partial charge in [0.2, 0.25) is 5.90 Å². The number of hydrogen-bond donors (Lipinski definition) is 0. The summed E-state index contributed by atoms with van der Waals surface area (Å²) in [5.41, 5.74) is 1.51. The van der Waals surface area contributed by atoms with E-state index in [9.17, 15) is 4.79 Å². The van der Waals surface area contributed by atoms with Gasteiger partial charge in [0.15, 0.2) is 17.2 Å². The Morgan fingerprint density at radius 1 is 0.962 bits per heavy atom. The number of hydrogen-bond acceptors (Lipinski definition) is 6. The van der Waals surface area contributed by atoms with E-state index < -0.39 is 5.97 Å². The van der Waals surface area contributed by atoms with Gasteiger partial charge in [-0.3, -0.25) is 0 Å². The van der Waals surface area contributed by atoms with Gasteiger partial charge < -0.3 is 18.9 Å². The van der Waals surface area contributed by atoms with Crippen LogP contribution in [0.1, 0.15) is 11.1 Å². The van der Waals surface area contributed by atoms with Gasteiger partial charge in [-0.15, -0.1) is 0 Å². The molecule has 0 N–H and O–H groups in total. The fourth-order valence-corrected chi connectivity index (χ4v) is 2.70. The molecular formula is C19H16BrNO5. The molecule has 1 aliphatic rings. The van der Waals surface area contributed by atoms with Gasteiger partial charge in [0, 0.05) is 21.7 Å². The number of methoxy groups -OCH3 is 3. The Morgan fingerprint density at radius 2 is 1.58 bits per heavy atom. The van der Waals surface area contributed by atoms with Gasteiger partial charge in [0.25, 0.3) is 0 Å². The highest BCUT2D eigenvalue weighted by Gasteiger charge is 2.25. The number of carbonyl (C=O) groups is 1. The van der Waals surface area contributed by atoms with Gasteiger partial charge in [-0.05, 0) is 36.4 Å². The molecule has 2 aromatic carbocycles. The molecule has 0 unspecified atom stereocenters. The summed E-state index contributed by atoms with van der Waals surface area (Å²) in [7, 11) is 4.61. The number of cyclic esters (lactones) is 1. The molecule has 0 atom stereocenters. The summed E-state index contributed by atoms with van der Waals surface area (Å²) in [4.78, 5) is 16.5. The van der Waals surface area contributed by atoms with Crippen molar-refractivity contribution in [1.82, 2.24) is 0 Å². The van der Waals surface area contributed by atoms with Crippen LogP contribution in [0.4, 0.5) is 0 Å². The van der Waals surface area contributed by atoms with Crippen molar-refractivity contribution in [3.05, 3.63) is 57.7 Å². The summed E-state index contributed by atoms with van der Waals surface area (Å²) < 4.78 is 22.1. The molecule has 1 aliphatic heterocycles. The molecule has 6 nitrogen and oxygen atoms in total. The number of ether oxygens (including phenoxy) is 4. The molecule has 0 saturated carbocycles. The van der Waals surface area contributed by atoms with E-state index in [1.54, 1.807) is 25.3 Å². The Labute approximate surface area is 159 Å². The molecule has 134 valence electrons. The maximum atomic E-state index is 12.2. The zero-order valence-corrected chi connectivity index (χ0v) is 16.0. The molecule has 0 fully saturated rings. The molecule has 0 aliphatic carbocycles. The van der Waals surface area contributed by atoms with Crippen molar-refractivity contribution < 1.29 is 23.7 Å². The molecule has 0 spiro atoms. The van der Waals surface area contributed by atoms with E-state index >= 15 is 0 Å². The Hall–Kier alpha value is -2.80. The van der Waals surface area contributed by atoms with E-state index in [-0.39, 0.29) is 11.6 Å². The third kappa shape index (κ3) is 3.57. The standard InChI is InChI=1S/C19H16BrNO5/c1-23-15-10-17(25-3)16(24-2)9-12(15)8-14-19(22)26-18(21-14)11-4-6-13(20)7-5-11/h4-10H,1-3H3. The molecule has 2 aromatic rings. The molecule has 7 heteroatoms. The molecule has 0 radical (unpaired) electrons. The number of aliphatic imine (C=N–C) groups is 1. The van der Waals surface area contributed by atoms with Crippen LogP contribution >= 0.6 is 15.9 Å². The Bertz CT molecular complexity index is 903. The number of esters is 1. The quantitative estimate of drug-likeness (QED) is 0.546. The fraction of sp³-hybridized carbons (Fsp3) is 0.158. The van der Waals surface area contributed by atoms with Gasteiger partial charge >= 0.3 is 5.97 Å². The van der Waals surface area contributed by atoms with Crippen LogP contribution in [-0.4, -0.2) is 33.2 Å². The van der Waals surface area contributed by atoms with Crippen LogP contribution in [0.3, 0.4) is 0 Å². The number of nitrogens with zero attached hydrogens (tertiary/aromatic N) is 1. The van der Waals surface area contributed by atoms with Gasteiger partial charge in [-0.1, -0.05) is 15.9 Å². The monoisotopic (exact) mass is 417 g/mol. The predicted molar refractivity (Wildman–Crippen MR) is 101 cm³/mol. The van der Waals surface area contributed by atoms with Crippen molar-refractivity contribution in [1.29, 1.82) is 0 Å². The van der Waals surface area contributed by atoms with Crippen molar-refractivity contribution in [3.8, 4) is 17.2 Å². The lowest BCUT2D eigenvalue weighted by Gasteiger charge is -2.12. The van der Waals surface area contributed by atoms with E-state index in [2.05, 4.69) is 20.9 Å². The van der Waals surface area contributed by atoms with E-state index in [4.69, 9.17) is 18.9 Å². The van der Waals surface area contributed by atoms with E-state index in [0.29, 0.717) is 28.4 Å². The van der Waals surface area contributed by atoms with E-state index in [1.807, 2.05) is 24.3 Å². The highest BCUT2D eigenvalue weighted by molar-refractivity contribution is 9.10. The average molecular weight is 418 g/mol. The van der Waals surface area contributed by atoms with E-state index in [1.165, 1.54) is 14.2 Å². The minimum atomic E-state index is -0.528. The van der Waals surface area contributed by atoms with Crippen LogP contribution in [0, 0.1) is 0 Å². The molecule has 0 bridgehead atoms. The van der Waals surface area contributed by atoms with Crippen LogP contribution in [0.25, 0.3) is 6.08 Å². The van der Waals surface area contributed by atoms with Crippen LogP contribution in [0.5, 0.6) is 17.2 Å². The van der Waals surface area contributed by atoms with Crippen LogP contribution < -0.4 is 14.2 Å². The van der Waals surface area contributed by atoms with Crippen molar-refractivity contribution >= 4 is 33.9 Å². The van der Waals surface area contributed by atoms with Gasteiger partial charge in [-0.2, -0.15) is 0 Å². The Morgan fingerprint density at radius 3 is 2.19 bits per heavy atom. The van der Waals surface area contributed by atoms with Gasteiger partial charge in [-0.25, -0.2) is 9.79 Å². The summed E-state index contributed by atoms with van der Waals surface area (Å²) in [6.07, 6.45) is 1.59. The topological polar surface area (TPSA) is 66.3 Å². The number of benzene rings is 2. The van der Waals surface area contributed by atoms with Crippen molar-refractivity contribution in [2.75, 3.05) is 21.3 Å². The van der Waals surface area contributed by atoms with Crippen LogP contribution in [0.2, 0.25) is 0 Å². The molecular weight excluding hydrogens is 402 g/mol. The first-order valence-corrected chi connectivity index (χ1v) is 8.43. The smallest absolute Gasteiger partial charge is 0.363 e. The van der Waals surface area contributed by atoms with Gasteiger partial charge in [0.1, 0.15) is 5.75 Å². The van der Waals surface area contributed by atoms with Crippen LogP contribution in [0.15, 0.2) is 51.6 Å². The maximum Gasteiger partial charge on any atom is 0.363 e. The molecule has 0 saturated heterocycles. The highest BCUT2D eigenvalue weighted by atomic mass is 79.9.